The molecular weight excluding hydrogens is 570 g/mol. The van der Waals surface area contributed by atoms with E-state index in [2.05, 4.69) is 22.5 Å². The molecule has 4 N–H and O–H groups in total. The molecule has 0 atom stereocenters. The predicted octanol–water partition coefficient (Wildman–Crippen LogP) is 5.80. The van der Waals surface area contributed by atoms with Gasteiger partial charge in [0, 0.05) is 33.6 Å². The van der Waals surface area contributed by atoms with Crippen molar-refractivity contribution >= 4 is 40.7 Å². The monoisotopic (exact) mass is 593 g/mol. The minimum atomic E-state index is -0.626. The van der Waals surface area contributed by atoms with Gasteiger partial charge in [-0.3, -0.25) is 19.2 Å². The molecule has 45 heavy (non-hydrogen) atoms. The Morgan fingerprint density at radius 1 is 0.556 bits per heavy atom. The van der Waals surface area contributed by atoms with Gasteiger partial charge in [0.2, 0.25) is 0 Å². The molecule has 0 aromatic heterocycles. The summed E-state index contributed by atoms with van der Waals surface area (Å²) >= 11 is 0. The van der Waals surface area contributed by atoms with Gasteiger partial charge in [-0.15, -0.1) is 0 Å². The number of phenols is 2. The summed E-state index contributed by atoms with van der Waals surface area (Å²) in [4.78, 5) is 54.7. The number of benzene rings is 5. The smallest absolute Gasteiger partial charge is 0.266 e. The second-order valence-corrected chi connectivity index (χ2v) is 10.1. The molecule has 0 fully saturated rings. The highest BCUT2D eigenvalue weighted by Gasteiger charge is 2.37. The molecule has 1 heterocycles. The van der Waals surface area contributed by atoms with Crippen LogP contribution < -0.4 is 15.5 Å². The van der Waals surface area contributed by atoms with Gasteiger partial charge in [-0.05, 0) is 97.1 Å². The molecule has 0 radical (unpaired) electrons. The molecule has 0 aliphatic carbocycles. The number of hydrogen-bond acceptors (Lipinski definition) is 6. The summed E-state index contributed by atoms with van der Waals surface area (Å²) in [6.07, 6.45) is 0. The van der Waals surface area contributed by atoms with Crippen molar-refractivity contribution in [1.29, 1.82) is 0 Å². The normalized spacial score (nSPS) is 11.8. The van der Waals surface area contributed by atoms with Crippen molar-refractivity contribution in [1.82, 2.24) is 0 Å². The molecule has 218 valence electrons. The van der Waals surface area contributed by atoms with Crippen molar-refractivity contribution < 1.29 is 29.4 Å². The summed E-state index contributed by atoms with van der Waals surface area (Å²) in [6.45, 7) is 0. The molecule has 9 nitrogen and oxygen atoms in total. The number of hydrogen-bond donors (Lipinski definition) is 4. The molecule has 0 bridgehead atoms. The second kappa shape index (κ2) is 11.9. The average Bonchev–Trinajstić information content (AvgIpc) is 3.30. The molecule has 0 saturated carbocycles. The highest BCUT2D eigenvalue weighted by Crippen LogP contribution is 2.31. The Balaban J connectivity index is 1.35. The van der Waals surface area contributed by atoms with Crippen molar-refractivity contribution in [3.63, 3.8) is 0 Å². The summed E-state index contributed by atoms with van der Waals surface area (Å²) in [5.41, 5.74) is 2.43. The Labute approximate surface area is 257 Å². The number of nitrogens with one attached hydrogen (secondary N) is 2. The number of rotatable bonds is 5. The van der Waals surface area contributed by atoms with Crippen molar-refractivity contribution in [3.8, 4) is 23.3 Å². The predicted molar refractivity (Wildman–Crippen MR) is 169 cm³/mol. The number of aromatic hydroxyl groups is 2. The fourth-order valence-electron chi connectivity index (χ4n) is 4.72. The fraction of sp³-hybridized carbons (Fsp3) is 0. The molecule has 0 spiro atoms. The van der Waals surface area contributed by atoms with Crippen LogP contribution in [0.2, 0.25) is 0 Å². The van der Waals surface area contributed by atoms with Crippen molar-refractivity contribution in [2.45, 2.75) is 0 Å². The van der Waals surface area contributed by atoms with Crippen LogP contribution in [0.5, 0.6) is 11.5 Å². The second-order valence-electron chi connectivity index (χ2n) is 10.1. The summed E-state index contributed by atoms with van der Waals surface area (Å²) in [5.74, 6) is 3.61. The molecule has 5 aromatic rings. The lowest BCUT2D eigenvalue weighted by molar-refractivity contribution is 0.0922. The first-order valence-electron chi connectivity index (χ1n) is 13.7. The SMILES string of the molecule is O=C(Nc1ccc(O)cc1)c1cc(C(=O)Nc2ccc(O)cc2)cc(N2C(=O)c3ccc(C#Cc4ccccc4)cc3C2=O)c1. The van der Waals surface area contributed by atoms with Gasteiger partial charge in [-0.1, -0.05) is 30.0 Å². The molecule has 1 aliphatic heterocycles. The number of carbonyl (C=O) groups excluding carboxylic acids is 4. The van der Waals surface area contributed by atoms with Crippen LogP contribution in [0.1, 0.15) is 52.6 Å². The lowest BCUT2D eigenvalue weighted by Crippen LogP contribution is -2.30. The number of anilines is 3. The fourth-order valence-corrected chi connectivity index (χ4v) is 4.72. The van der Waals surface area contributed by atoms with Gasteiger partial charge >= 0.3 is 0 Å². The maximum Gasteiger partial charge on any atom is 0.266 e. The molecule has 4 amide bonds. The third kappa shape index (κ3) is 6.11. The van der Waals surface area contributed by atoms with Gasteiger partial charge in [0.25, 0.3) is 23.6 Å². The standard InChI is InChI=1S/C36H23N3O6/c40-29-13-9-26(10-14-29)37-33(42)24-19-25(34(43)38-27-11-15-30(41)16-12-27)21-28(20-24)39-35(44)31-17-8-23(18-32(31)36(39)45)7-6-22-4-2-1-3-5-22/h1-5,8-21,40-41H,(H,37,42)(H,38,43). The Bertz CT molecular complexity index is 1970. The Hall–Kier alpha value is -6.66. The van der Waals surface area contributed by atoms with E-state index in [1.54, 1.807) is 12.1 Å². The number of amides is 4. The highest BCUT2D eigenvalue weighted by atomic mass is 16.3. The number of fused-ring (bicyclic) bond motifs is 1. The zero-order valence-electron chi connectivity index (χ0n) is 23.4. The molecular formula is C36H23N3O6. The summed E-state index contributed by atoms with van der Waals surface area (Å²) in [7, 11) is 0. The molecule has 1 aliphatic rings. The Morgan fingerprint density at radius 3 is 1.62 bits per heavy atom. The van der Waals surface area contributed by atoms with E-state index in [1.807, 2.05) is 30.3 Å². The largest absolute Gasteiger partial charge is 0.508 e. The number of nitrogens with zero attached hydrogens (tertiary/aromatic N) is 1. The van der Waals surface area contributed by atoms with E-state index in [9.17, 15) is 29.4 Å². The highest BCUT2D eigenvalue weighted by molar-refractivity contribution is 6.35. The minimum absolute atomic E-state index is 0.00223. The first kappa shape index (κ1) is 28.5. The lowest BCUT2D eigenvalue weighted by Gasteiger charge is -2.17. The first-order chi connectivity index (χ1) is 21.7. The van der Waals surface area contributed by atoms with Gasteiger partial charge in [0.15, 0.2) is 0 Å². The summed E-state index contributed by atoms with van der Waals surface area (Å²) < 4.78 is 0. The maximum atomic E-state index is 13.7. The molecule has 0 saturated heterocycles. The van der Waals surface area contributed by atoms with Crippen LogP contribution in [0.15, 0.2) is 115 Å². The lowest BCUT2D eigenvalue weighted by atomic mass is 10.1. The van der Waals surface area contributed by atoms with E-state index in [-0.39, 0.29) is 39.4 Å². The van der Waals surface area contributed by atoms with Gasteiger partial charge in [-0.25, -0.2) is 4.90 Å². The van der Waals surface area contributed by atoms with E-state index in [1.165, 1.54) is 72.8 Å². The van der Waals surface area contributed by atoms with Crippen molar-refractivity contribution in [2.24, 2.45) is 0 Å². The minimum Gasteiger partial charge on any atom is -0.508 e. The molecule has 6 rings (SSSR count). The van der Waals surface area contributed by atoms with E-state index < -0.39 is 23.6 Å². The zero-order valence-corrected chi connectivity index (χ0v) is 23.4. The summed E-state index contributed by atoms with van der Waals surface area (Å²) in [6, 6.07) is 29.7. The first-order valence-corrected chi connectivity index (χ1v) is 13.7. The third-order valence-corrected chi connectivity index (χ3v) is 6.96. The van der Waals surface area contributed by atoms with Crippen LogP contribution in [0.25, 0.3) is 0 Å². The maximum absolute atomic E-state index is 13.7. The average molecular weight is 594 g/mol. The number of phenolic OH excluding ortho intramolecular Hbond substituents is 2. The van der Waals surface area contributed by atoms with Gasteiger partial charge in [0.05, 0.1) is 16.8 Å². The van der Waals surface area contributed by atoms with E-state index in [4.69, 9.17) is 0 Å². The number of imide groups is 1. The topological polar surface area (TPSA) is 136 Å². The van der Waals surface area contributed by atoms with E-state index in [0.717, 1.165) is 10.5 Å². The third-order valence-electron chi connectivity index (χ3n) is 6.96. The van der Waals surface area contributed by atoms with Gasteiger partial charge in [-0.2, -0.15) is 0 Å². The zero-order chi connectivity index (χ0) is 31.5. The van der Waals surface area contributed by atoms with Crippen LogP contribution in [-0.2, 0) is 0 Å². The Kier molecular flexibility index (Phi) is 7.53. The van der Waals surface area contributed by atoms with Crippen LogP contribution in [0.3, 0.4) is 0 Å². The quantitative estimate of drug-likeness (QED) is 0.116. The van der Waals surface area contributed by atoms with Gasteiger partial charge in [0.1, 0.15) is 11.5 Å². The van der Waals surface area contributed by atoms with Crippen molar-refractivity contribution in [3.05, 3.63) is 149 Å². The van der Waals surface area contributed by atoms with Crippen LogP contribution >= 0.6 is 0 Å². The van der Waals surface area contributed by atoms with Crippen LogP contribution in [0.4, 0.5) is 17.1 Å². The molecule has 5 aromatic carbocycles. The van der Waals surface area contributed by atoms with Gasteiger partial charge < -0.3 is 20.8 Å². The van der Waals surface area contributed by atoms with E-state index in [0.29, 0.717) is 16.9 Å². The molecule has 0 unspecified atom stereocenters. The Morgan fingerprint density at radius 2 is 1.07 bits per heavy atom. The number of carbonyl (C=O) groups is 4. The summed E-state index contributed by atoms with van der Waals surface area (Å²) in [5, 5.41) is 24.5. The van der Waals surface area contributed by atoms with Crippen LogP contribution in [-0.4, -0.2) is 33.8 Å². The van der Waals surface area contributed by atoms with E-state index >= 15 is 0 Å². The van der Waals surface area contributed by atoms with Crippen LogP contribution in [0, 0.1) is 11.8 Å². The van der Waals surface area contributed by atoms with Crippen molar-refractivity contribution in [2.75, 3.05) is 15.5 Å². The molecule has 9 heteroatoms.